The summed E-state index contributed by atoms with van der Waals surface area (Å²) in [5.74, 6) is 0. The summed E-state index contributed by atoms with van der Waals surface area (Å²) < 4.78 is 28.2. The highest BCUT2D eigenvalue weighted by atomic mass is 79.9. The van der Waals surface area contributed by atoms with Gasteiger partial charge in [0.2, 0.25) is 0 Å². The number of hydrogen-bond acceptors (Lipinski definition) is 3. The minimum Gasteiger partial charge on any atom is -0.316 e. The van der Waals surface area contributed by atoms with Crippen molar-refractivity contribution in [2.45, 2.75) is 18.4 Å². The highest BCUT2D eigenvalue weighted by Crippen LogP contribution is 2.23. The van der Waals surface area contributed by atoms with Crippen LogP contribution in [0.25, 0.3) is 0 Å². The monoisotopic (exact) mass is 368 g/mol. The van der Waals surface area contributed by atoms with Crippen LogP contribution in [0.2, 0.25) is 0 Å². The highest BCUT2D eigenvalue weighted by molar-refractivity contribution is 9.10. The third-order valence-corrected chi connectivity index (χ3v) is 4.93. The van der Waals surface area contributed by atoms with Crippen molar-refractivity contribution < 1.29 is 8.42 Å². The molecule has 0 spiro atoms. The Morgan fingerprint density at radius 2 is 1.76 bits per heavy atom. The number of hydrogen-bond donors (Lipinski definition) is 2. The molecule has 0 atom stereocenters. The number of rotatable bonds is 5. The molecule has 0 aliphatic heterocycles. The molecule has 112 valence electrons. The van der Waals surface area contributed by atoms with Crippen molar-refractivity contribution in [2.24, 2.45) is 0 Å². The summed E-state index contributed by atoms with van der Waals surface area (Å²) in [6, 6.07) is 12.3. The number of nitrogens with one attached hydrogen (secondary N) is 2. The van der Waals surface area contributed by atoms with Crippen molar-refractivity contribution in [1.29, 1.82) is 0 Å². The Bertz CT molecular complexity index is 728. The molecule has 6 heteroatoms. The van der Waals surface area contributed by atoms with Crippen LogP contribution in [0.3, 0.4) is 0 Å². The van der Waals surface area contributed by atoms with E-state index in [1.54, 1.807) is 30.3 Å². The van der Waals surface area contributed by atoms with E-state index in [1.807, 2.05) is 26.1 Å². The molecule has 0 aliphatic carbocycles. The molecule has 21 heavy (non-hydrogen) atoms. The molecule has 2 N–H and O–H groups in total. The molecule has 0 bridgehead atoms. The van der Waals surface area contributed by atoms with E-state index in [-0.39, 0.29) is 4.90 Å². The van der Waals surface area contributed by atoms with E-state index in [4.69, 9.17) is 0 Å². The summed E-state index contributed by atoms with van der Waals surface area (Å²) >= 11 is 3.35. The topological polar surface area (TPSA) is 58.2 Å². The van der Waals surface area contributed by atoms with Crippen molar-refractivity contribution in [3.8, 4) is 0 Å². The van der Waals surface area contributed by atoms with Crippen LogP contribution < -0.4 is 10.0 Å². The second-order valence-corrected chi connectivity index (χ2v) is 7.34. The molecule has 0 saturated carbocycles. The van der Waals surface area contributed by atoms with Crippen LogP contribution in [0.5, 0.6) is 0 Å². The first-order chi connectivity index (χ1) is 9.92. The first kappa shape index (κ1) is 16.0. The van der Waals surface area contributed by atoms with Gasteiger partial charge >= 0.3 is 0 Å². The van der Waals surface area contributed by atoms with E-state index >= 15 is 0 Å². The molecule has 0 unspecified atom stereocenters. The maximum absolute atomic E-state index is 12.4. The lowest BCUT2D eigenvalue weighted by molar-refractivity contribution is 0.601. The van der Waals surface area contributed by atoms with E-state index in [0.717, 1.165) is 15.6 Å². The number of anilines is 1. The largest absolute Gasteiger partial charge is 0.316 e. The smallest absolute Gasteiger partial charge is 0.261 e. The van der Waals surface area contributed by atoms with Crippen molar-refractivity contribution in [1.82, 2.24) is 5.32 Å². The fraction of sp³-hybridized carbons (Fsp3) is 0.200. The molecule has 0 fully saturated rings. The third-order valence-electron chi connectivity index (χ3n) is 3.06. The summed E-state index contributed by atoms with van der Waals surface area (Å²) in [5.41, 5.74) is 2.48. The van der Waals surface area contributed by atoms with Gasteiger partial charge in [-0.3, -0.25) is 4.72 Å². The van der Waals surface area contributed by atoms with Crippen LogP contribution in [0.4, 0.5) is 5.69 Å². The molecule has 0 radical (unpaired) electrons. The summed E-state index contributed by atoms with van der Waals surface area (Å²) in [4.78, 5) is 0.252. The zero-order valence-electron chi connectivity index (χ0n) is 11.9. The van der Waals surface area contributed by atoms with Crippen LogP contribution in [0.1, 0.15) is 11.1 Å². The lowest BCUT2D eigenvalue weighted by Gasteiger charge is -2.11. The summed E-state index contributed by atoms with van der Waals surface area (Å²) in [6.45, 7) is 2.57. The number of sulfonamides is 1. The second kappa shape index (κ2) is 6.60. The molecule has 0 amide bonds. The van der Waals surface area contributed by atoms with E-state index in [0.29, 0.717) is 12.2 Å². The first-order valence-corrected chi connectivity index (χ1v) is 8.72. The van der Waals surface area contributed by atoms with E-state index < -0.39 is 10.0 Å². The minimum atomic E-state index is -3.58. The average molecular weight is 369 g/mol. The van der Waals surface area contributed by atoms with Gasteiger partial charge in [-0.2, -0.15) is 0 Å². The zero-order valence-corrected chi connectivity index (χ0v) is 14.3. The first-order valence-electron chi connectivity index (χ1n) is 6.45. The van der Waals surface area contributed by atoms with Gasteiger partial charge in [0.05, 0.1) is 10.6 Å². The summed E-state index contributed by atoms with van der Waals surface area (Å²) in [7, 11) is -1.73. The number of aryl methyl sites for hydroxylation is 1. The average Bonchev–Trinajstić information content (AvgIpc) is 2.44. The zero-order chi connectivity index (χ0) is 15.5. The lowest BCUT2D eigenvalue weighted by Crippen LogP contribution is -2.14. The van der Waals surface area contributed by atoms with Crippen molar-refractivity contribution in [3.63, 3.8) is 0 Å². The SMILES string of the molecule is CNCc1ccc(S(=O)(=O)Nc2cc(Br)ccc2C)cc1. The van der Waals surface area contributed by atoms with Gasteiger partial charge in [0.1, 0.15) is 0 Å². The summed E-state index contributed by atoms with van der Waals surface area (Å²) in [5, 5.41) is 3.03. The van der Waals surface area contributed by atoms with Gasteiger partial charge in [0.25, 0.3) is 10.0 Å². The molecular weight excluding hydrogens is 352 g/mol. The van der Waals surface area contributed by atoms with E-state index in [1.165, 1.54) is 0 Å². The molecule has 0 aromatic heterocycles. The highest BCUT2D eigenvalue weighted by Gasteiger charge is 2.15. The van der Waals surface area contributed by atoms with Gasteiger partial charge in [-0.1, -0.05) is 34.1 Å². The van der Waals surface area contributed by atoms with Crippen LogP contribution in [0, 0.1) is 6.92 Å². The van der Waals surface area contributed by atoms with Gasteiger partial charge in [0.15, 0.2) is 0 Å². The molecule has 4 nitrogen and oxygen atoms in total. The fourth-order valence-electron chi connectivity index (χ4n) is 1.90. The second-order valence-electron chi connectivity index (χ2n) is 4.74. The summed E-state index contributed by atoms with van der Waals surface area (Å²) in [6.07, 6.45) is 0. The van der Waals surface area contributed by atoms with Gasteiger partial charge in [0, 0.05) is 11.0 Å². The molecule has 0 saturated heterocycles. The predicted molar refractivity (Wildman–Crippen MR) is 88.9 cm³/mol. The number of benzene rings is 2. The molecule has 0 heterocycles. The maximum Gasteiger partial charge on any atom is 0.261 e. The molecule has 2 aromatic carbocycles. The van der Waals surface area contributed by atoms with Crippen LogP contribution in [-0.2, 0) is 16.6 Å². The Morgan fingerprint density at radius 3 is 2.38 bits per heavy atom. The van der Waals surface area contributed by atoms with Crippen molar-refractivity contribution in [2.75, 3.05) is 11.8 Å². The van der Waals surface area contributed by atoms with Gasteiger partial charge < -0.3 is 5.32 Å². The predicted octanol–water partition coefficient (Wildman–Crippen LogP) is 3.28. The van der Waals surface area contributed by atoms with Gasteiger partial charge in [-0.15, -0.1) is 0 Å². The lowest BCUT2D eigenvalue weighted by atomic mass is 10.2. The molecule has 2 rings (SSSR count). The number of halogens is 1. The quantitative estimate of drug-likeness (QED) is 0.851. The van der Waals surface area contributed by atoms with Crippen LogP contribution in [-0.4, -0.2) is 15.5 Å². The van der Waals surface area contributed by atoms with Gasteiger partial charge in [-0.05, 0) is 49.4 Å². The maximum atomic E-state index is 12.4. The Kier molecular flexibility index (Phi) is 5.03. The fourth-order valence-corrected chi connectivity index (χ4v) is 3.38. The van der Waals surface area contributed by atoms with Crippen molar-refractivity contribution >= 4 is 31.6 Å². The van der Waals surface area contributed by atoms with Gasteiger partial charge in [-0.25, -0.2) is 8.42 Å². The standard InChI is InChI=1S/C15H17BrN2O2S/c1-11-3-6-13(16)9-15(11)18-21(19,20)14-7-4-12(5-8-14)10-17-2/h3-9,17-18H,10H2,1-2H3. The van der Waals surface area contributed by atoms with Crippen LogP contribution in [0.15, 0.2) is 51.8 Å². The third kappa shape index (κ3) is 4.06. The molecular formula is C15H17BrN2O2S. The molecule has 2 aromatic rings. The normalized spacial score (nSPS) is 11.4. The van der Waals surface area contributed by atoms with Crippen molar-refractivity contribution in [3.05, 3.63) is 58.1 Å². The Labute approximate surface area is 133 Å². The van der Waals surface area contributed by atoms with E-state index in [2.05, 4.69) is 26.0 Å². The van der Waals surface area contributed by atoms with Crippen LogP contribution >= 0.6 is 15.9 Å². The molecule has 0 aliphatic rings. The Morgan fingerprint density at radius 1 is 1.10 bits per heavy atom. The van der Waals surface area contributed by atoms with E-state index in [9.17, 15) is 8.42 Å². The Balaban J connectivity index is 2.27. The minimum absolute atomic E-state index is 0.252. The Hall–Kier alpha value is -1.37.